The van der Waals surface area contributed by atoms with Crippen LogP contribution < -0.4 is 10.6 Å². The molecule has 0 saturated carbocycles. The SMILES string of the molecule is CCN(CC)CCCNCC(=O)Nc1cc(Cl)ccc1C. The standard InChI is InChI=1S/C16H26ClN3O/c1-4-20(5-2)10-6-9-18-12-16(21)19-15-11-14(17)8-7-13(15)3/h7-8,11,18H,4-6,9-10,12H2,1-3H3,(H,19,21). The summed E-state index contributed by atoms with van der Waals surface area (Å²) in [5, 5.41) is 6.68. The van der Waals surface area contributed by atoms with Gasteiger partial charge in [-0.3, -0.25) is 4.79 Å². The van der Waals surface area contributed by atoms with Gasteiger partial charge in [0.05, 0.1) is 6.54 Å². The zero-order valence-electron chi connectivity index (χ0n) is 13.2. The lowest BCUT2D eigenvalue weighted by molar-refractivity contribution is -0.115. The van der Waals surface area contributed by atoms with Crippen molar-refractivity contribution in [2.45, 2.75) is 27.2 Å². The topological polar surface area (TPSA) is 44.4 Å². The number of halogens is 1. The quantitative estimate of drug-likeness (QED) is 0.689. The van der Waals surface area contributed by atoms with E-state index in [0.717, 1.165) is 43.9 Å². The Bertz CT molecular complexity index is 447. The Kier molecular flexibility index (Phi) is 8.35. The summed E-state index contributed by atoms with van der Waals surface area (Å²) in [4.78, 5) is 14.2. The summed E-state index contributed by atoms with van der Waals surface area (Å²) in [6.45, 7) is 10.7. The highest BCUT2D eigenvalue weighted by Gasteiger charge is 2.05. The highest BCUT2D eigenvalue weighted by molar-refractivity contribution is 6.31. The van der Waals surface area contributed by atoms with Gasteiger partial charge >= 0.3 is 0 Å². The van der Waals surface area contributed by atoms with E-state index in [1.165, 1.54) is 0 Å². The van der Waals surface area contributed by atoms with Gasteiger partial charge in [-0.1, -0.05) is 31.5 Å². The van der Waals surface area contributed by atoms with Gasteiger partial charge in [0.25, 0.3) is 0 Å². The first-order chi connectivity index (χ1) is 10.1. The molecule has 0 aliphatic carbocycles. The van der Waals surface area contributed by atoms with Gasteiger partial charge in [-0.15, -0.1) is 0 Å². The van der Waals surface area contributed by atoms with Gasteiger partial charge in [0.15, 0.2) is 0 Å². The summed E-state index contributed by atoms with van der Waals surface area (Å²) < 4.78 is 0. The minimum absolute atomic E-state index is 0.0387. The molecule has 0 unspecified atom stereocenters. The molecular formula is C16H26ClN3O. The molecule has 1 amide bonds. The molecule has 0 fully saturated rings. The van der Waals surface area contributed by atoms with E-state index < -0.39 is 0 Å². The first-order valence-corrected chi connectivity index (χ1v) is 7.93. The molecule has 1 aromatic carbocycles. The summed E-state index contributed by atoms with van der Waals surface area (Å²) >= 11 is 5.93. The van der Waals surface area contributed by atoms with Crippen LogP contribution in [-0.4, -0.2) is 43.5 Å². The highest BCUT2D eigenvalue weighted by Crippen LogP contribution is 2.19. The van der Waals surface area contributed by atoms with Crippen LogP contribution >= 0.6 is 11.6 Å². The van der Waals surface area contributed by atoms with Gasteiger partial charge in [0, 0.05) is 10.7 Å². The molecule has 1 rings (SSSR count). The van der Waals surface area contributed by atoms with E-state index in [4.69, 9.17) is 11.6 Å². The molecule has 0 aromatic heterocycles. The van der Waals surface area contributed by atoms with Crippen LogP contribution in [0.15, 0.2) is 18.2 Å². The van der Waals surface area contributed by atoms with Crippen LogP contribution in [0, 0.1) is 6.92 Å². The minimum atomic E-state index is -0.0387. The largest absolute Gasteiger partial charge is 0.325 e. The van der Waals surface area contributed by atoms with Crippen LogP contribution in [0.2, 0.25) is 5.02 Å². The van der Waals surface area contributed by atoms with E-state index >= 15 is 0 Å². The van der Waals surface area contributed by atoms with E-state index in [2.05, 4.69) is 29.4 Å². The summed E-state index contributed by atoms with van der Waals surface area (Å²) in [5.74, 6) is -0.0387. The van der Waals surface area contributed by atoms with E-state index in [-0.39, 0.29) is 5.91 Å². The summed E-state index contributed by atoms with van der Waals surface area (Å²) in [6.07, 6.45) is 1.05. The molecule has 0 radical (unpaired) electrons. The number of nitrogens with zero attached hydrogens (tertiary/aromatic N) is 1. The van der Waals surface area contributed by atoms with Crippen molar-refractivity contribution in [3.8, 4) is 0 Å². The average molecular weight is 312 g/mol. The van der Waals surface area contributed by atoms with Gasteiger partial charge in [-0.05, 0) is 57.2 Å². The number of carbonyl (C=O) groups excluding carboxylic acids is 1. The van der Waals surface area contributed by atoms with E-state index in [0.29, 0.717) is 11.6 Å². The molecule has 2 N–H and O–H groups in total. The Morgan fingerprint density at radius 3 is 2.67 bits per heavy atom. The predicted octanol–water partition coefficient (Wildman–Crippen LogP) is 2.91. The van der Waals surface area contributed by atoms with E-state index in [1.807, 2.05) is 19.1 Å². The van der Waals surface area contributed by atoms with E-state index in [9.17, 15) is 4.79 Å². The molecule has 118 valence electrons. The predicted molar refractivity (Wildman–Crippen MR) is 90.1 cm³/mol. The Hall–Kier alpha value is -1.10. The lowest BCUT2D eigenvalue weighted by Gasteiger charge is -2.17. The number of nitrogens with one attached hydrogen (secondary N) is 2. The maximum atomic E-state index is 11.9. The second kappa shape index (κ2) is 9.77. The number of benzene rings is 1. The second-order valence-electron chi connectivity index (χ2n) is 5.06. The van der Waals surface area contributed by atoms with Crippen LogP contribution in [-0.2, 0) is 4.79 Å². The Morgan fingerprint density at radius 2 is 2.00 bits per heavy atom. The van der Waals surface area contributed by atoms with Crippen molar-refractivity contribution in [3.63, 3.8) is 0 Å². The van der Waals surface area contributed by atoms with Crippen molar-refractivity contribution in [1.82, 2.24) is 10.2 Å². The average Bonchev–Trinajstić information content (AvgIpc) is 2.47. The van der Waals surface area contributed by atoms with Crippen LogP contribution in [0.25, 0.3) is 0 Å². The third-order valence-corrected chi connectivity index (χ3v) is 3.72. The number of rotatable bonds is 9. The van der Waals surface area contributed by atoms with Gasteiger partial charge < -0.3 is 15.5 Å². The maximum absolute atomic E-state index is 11.9. The lowest BCUT2D eigenvalue weighted by atomic mass is 10.2. The fraction of sp³-hybridized carbons (Fsp3) is 0.562. The van der Waals surface area contributed by atoms with Gasteiger partial charge in [-0.25, -0.2) is 0 Å². The smallest absolute Gasteiger partial charge is 0.238 e. The maximum Gasteiger partial charge on any atom is 0.238 e. The zero-order valence-corrected chi connectivity index (χ0v) is 14.0. The third kappa shape index (κ3) is 6.93. The van der Waals surface area contributed by atoms with Crippen LogP contribution in [0.1, 0.15) is 25.8 Å². The Labute approximate surface area is 132 Å². The normalized spacial score (nSPS) is 10.9. The van der Waals surface area contributed by atoms with Crippen molar-refractivity contribution in [2.75, 3.05) is 38.0 Å². The van der Waals surface area contributed by atoms with Gasteiger partial charge in [0.1, 0.15) is 0 Å². The highest BCUT2D eigenvalue weighted by atomic mass is 35.5. The molecule has 1 aromatic rings. The molecule has 0 aliphatic heterocycles. The molecule has 0 spiro atoms. The zero-order chi connectivity index (χ0) is 15.7. The minimum Gasteiger partial charge on any atom is -0.325 e. The molecule has 4 nitrogen and oxygen atoms in total. The van der Waals surface area contributed by atoms with Crippen LogP contribution in [0.4, 0.5) is 5.69 Å². The molecule has 0 bridgehead atoms. The van der Waals surface area contributed by atoms with Crippen molar-refractivity contribution >= 4 is 23.2 Å². The van der Waals surface area contributed by atoms with Crippen molar-refractivity contribution in [3.05, 3.63) is 28.8 Å². The van der Waals surface area contributed by atoms with Crippen LogP contribution in [0.3, 0.4) is 0 Å². The number of hydrogen-bond donors (Lipinski definition) is 2. The lowest BCUT2D eigenvalue weighted by Crippen LogP contribution is -2.31. The Balaban J connectivity index is 2.24. The molecular weight excluding hydrogens is 286 g/mol. The summed E-state index contributed by atoms with van der Waals surface area (Å²) in [5.41, 5.74) is 1.78. The first-order valence-electron chi connectivity index (χ1n) is 7.55. The van der Waals surface area contributed by atoms with Gasteiger partial charge in [-0.2, -0.15) is 0 Å². The molecule has 0 heterocycles. The molecule has 0 atom stereocenters. The summed E-state index contributed by atoms with van der Waals surface area (Å²) in [7, 11) is 0. The molecule has 5 heteroatoms. The van der Waals surface area contributed by atoms with Crippen molar-refractivity contribution in [2.24, 2.45) is 0 Å². The second-order valence-corrected chi connectivity index (χ2v) is 5.50. The first kappa shape index (κ1) is 18.0. The molecule has 21 heavy (non-hydrogen) atoms. The van der Waals surface area contributed by atoms with E-state index in [1.54, 1.807) is 6.07 Å². The number of anilines is 1. The molecule has 0 aliphatic rings. The Morgan fingerprint density at radius 1 is 1.29 bits per heavy atom. The fourth-order valence-corrected chi connectivity index (χ4v) is 2.26. The molecule has 0 saturated heterocycles. The van der Waals surface area contributed by atoms with Crippen LogP contribution in [0.5, 0.6) is 0 Å². The summed E-state index contributed by atoms with van der Waals surface area (Å²) in [6, 6.07) is 5.49. The monoisotopic (exact) mass is 311 g/mol. The number of carbonyl (C=O) groups is 1. The number of amides is 1. The third-order valence-electron chi connectivity index (χ3n) is 3.48. The van der Waals surface area contributed by atoms with Crippen molar-refractivity contribution in [1.29, 1.82) is 0 Å². The fourth-order valence-electron chi connectivity index (χ4n) is 2.09. The number of hydrogen-bond acceptors (Lipinski definition) is 3. The van der Waals surface area contributed by atoms with Crippen molar-refractivity contribution < 1.29 is 4.79 Å². The number of aryl methyl sites for hydroxylation is 1. The van der Waals surface area contributed by atoms with Gasteiger partial charge in [0.2, 0.25) is 5.91 Å².